The Kier molecular flexibility index (Phi) is 7.79. The van der Waals surface area contributed by atoms with Crippen molar-refractivity contribution in [2.45, 2.75) is 0 Å². The Labute approximate surface area is 174 Å². The summed E-state index contributed by atoms with van der Waals surface area (Å²) in [5, 5.41) is 3.10. The standard InChI is InChI=1S/C18H20Cl2N2O5S/c1-26-14-4-3-5-15(11-14)27-9-8-21-18(23)12-22(28(2,24)25)13-6-7-16(19)17(20)10-13/h3-7,10-11H,8-9,12H2,1-2H3,(H,21,23). The first-order chi connectivity index (χ1) is 13.2. The van der Waals surface area contributed by atoms with Crippen LogP contribution < -0.4 is 19.1 Å². The normalized spacial score (nSPS) is 11.0. The van der Waals surface area contributed by atoms with E-state index >= 15 is 0 Å². The van der Waals surface area contributed by atoms with E-state index in [0.29, 0.717) is 11.5 Å². The minimum Gasteiger partial charge on any atom is -0.497 e. The van der Waals surface area contributed by atoms with Crippen LogP contribution in [0.5, 0.6) is 11.5 Å². The molecule has 0 aliphatic carbocycles. The molecular weight excluding hydrogens is 427 g/mol. The molecule has 28 heavy (non-hydrogen) atoms. The number of hydrogen-bond donors (Lipinski definition) is 1. The molecule has 10 heteroatoms. The van der Waals surface area contributed by atoms with E-state index < -0.39 is 22.5 Å². The zero-order chi connectivity index (χ0) is 20.7. The van der Waals surface area contributed by atoms with Crippen LogP contribution in [0.2, 0.25) is 10.0 Å². The third-order valence-corrected chi connectivity index (χ3v) is 5.49. The average molecular weight is 447 g/mol. The highest BCUT2D eigenvalue weighted by molar-refractivity contribution is 7.92. The Morgan fingerprint density at radius 1 is 1.11 bits per heavy atom. The number of amides is 1. The van der Waals surface area contributed by atoms with Crippen molar-refractivity contribution in [3.05, 3.63) is 52.5 Å². The third kappa shape index (κ3) is 6.47. The van der Waals surface area contributed by atoms with E-state index in [0.717, 1.165) is 10.6 Å². The van der Waals surface area contributed by atoms with E-state index in [1.165, 1.54) is 18.2 Å². The zero-order valence-corrected chi connectivity index (χ0v) is 17.6. The highest BCUT2D eigenvalue weighted by Gasteiger charge is 2.21. The van der Waals surface area contributed by atoms with E-state index in [4.69, 9.17) is 32.7 Å². The summed E-state index contributed by atoms with van der Waals surface area (Å²) in [5.41, 5.74) is 0.250. The van der Waals surface area contributed by atoms with E-state index in [1.807, 2.05) is 0 Å². The number of carbonyl (C=O) groups excluding carboxylic acids is 1. The largest absolute Gasteiger partial charge is 0.497 e. The van der Waals surface area contributed by atoms with Crippen molar-refractivity contribution in [3.63, 3.8) is 0 Å². The van der Waals surface area contributed by atoms with Crippen molar-refractivity contribution in [1.82, 2.24) is 5.32 Å². The smallest absolute Gasteiger partial charge is 0.240 e. The molecule has 1 N–H and O–H groups in total. The second kappa shape index (κ2) is 9.86. The first kappa shape index (κ1) is 22.1. The molecule has 152 valence electrons. The Hall–Kier alpha value is -2.16. The number of sulfonamides is 1. The van der Waals surface area contributed by atoms with Crippen LogP contribution in [0.4, 0.5) is 5.69 Å². The topological polar surface area (TPSA) is 84.9 Å². The molecule has 0 aromatic heterocycles. The van der Waals surface area contributed by atoms with Crippen LogP contribution in [0.1, 0.15) is 0 Å². The van der Waals surface area contributed by atoms with Gasteiger partial charge in [0, 0.05) is 6.07 Å². The van der Waals surface area contributed by atoms with Gasteiger partial charge in [-0.3, -0.25) is 9.10 Å². The summed E-state index contributed by atoms with van der Waals surface area (Å²) in [5.74, 6) is 0.778. The number of ether oxygens (including phenoxy) is 2. The molecule has 0 radical (unpaired) electrons. The monoisotopic (exact) mass is 446 g/mol. The number of benzene rings is 2. The van der Waals surface area contributed by atoms with Crippen molar-refractivity contribution in [3.8, 4) is 11.5 Å². The Balaban J connectivity index is 1.92. The van der Waals surface area contributed by atoms with Gasteiger partial charge in [0.25, 0.3) is 0 Å². The first-order valence-corrected chi connectivity index (χ1v) is 10.8. The lowest BCUT2D eigenvalue weighted by Crippen LogP contribution is -2.41. The van der Waals surface area contributed by atoms with Gasteiger partial charge < -0.3 is 14.8 Å². The summed E-state index contributed by atoms with van der Waals surface area (Å²) in [6, 6.07) is 11.4. The lowest BCUT2D eigenvalue weighted by Gasteiger charge is -2.22. The molecule has 0 fully saturated rings. The van der Waals surface area contributed by atoms with Crippen molar-refractivity contribution in [2.75, 3.05) is 37.4 Å². The van der Waals surface area contributed by atoms with Crippen molar-refractivity contribution < 1.29 is 22.7 Å². The number of halogens is 2. The highest BCUT2D eigenvalue weighted by Crippen LogP contribution is 2.28. The fourth-order valence-corrected chi connectivity index (χ4v) is 3.42. The van der Waals surface area contributed by atoms with Gasteiger partial charge in [-0.2, -0.15) is 0 Å². The van der Waals surface area contributed by atoms with Gasteiger partial charge in [0.05, 0.1) is 35.6 Å². The zero-order valence-electron chi connectivity index (χ0n) is 15.3. The van der Waals surface area contributed by atoms with E-state index in [9.17, 15) is 13.2 Å². The summed E-state index contributed by atoms with van der Waals surface area (Å²) in [4.78, 5) is 12.2. The van der Waals surface area contributed by atoms with Gasteiger partial charge in [-0.15, -0.1) is 0 Å². The molecular formula is C18H20Cl2N2O5S. The maximum absolute atomic E-state index is 12.2. The van der Waals surface area contributed by atoms with Crippen molar-refractivity contribution in [2.24, 2.45) is 0 Å². The molecule has 0 atom stereocenters. The summed E-state index contributed by atoms with van der Waals surface area (Å²) in [7, 11) is -2.14. The minimum atomic E-state index is -3.70. The average Bonchev–Trinajstić information content (AvgIpc) is 2.65. The van der Waals surface area contributed by atoms with Gasteiger partial charge in [0.2, 0.25) is 15.9 Å². The molecule has 0 saturated carbocycles. The van der Waals surface area contributed by atoms with Crippen LogP contribution >= 0.6 is 23.2 Å². The first-order valence-electron chi connectivity index (χ1n) is 8.17. The summed E-state index contributed by atoms with van der Waals surface area (Å²) < 4.78 is 35.7. The van der Waals surface area contributed by atoms with Crippen molar-refractivity contribution in [1.29, 1.82) is 0 Å². The second-order valence-corrected chi connectivity index (χ2v) is 8.47. The molecule has 0 aliphatic heterocycles. The van der Waals surface area contributed by atoms with E-state index in [2.05, 4.69) is 5.32 Å². The molecule has 0 spiro atoms. The highest BCUT2D eigenvalue weighted by atomic mass is 35.5. The molecule has 0 saturated heterocycles. The minimum absolute atomic E-state index is 0.194. The van der Waals surface area contributed by atoms with Gasteiger partial charge in [-0.1, -0.05) is 29.3 Å². The van der Waals surface area contributed by atoms with Gasteiger partial charge in [-0.05, 0) is 30.3 Å². The molecule has 7 nitrogen and oxygen atoms in total. The van der Waals surface area contributed by atoms with E-state index in [-0.39, 0.29) is 28.9 Å². The molecule has 2 rings (SSSR count). The summed E-state index contributed by atoms with van der Waals surface area (Å²) >= 11 is 11.8. The Bertz CT molecular complexity index is 937. The lowest BCUT2D eigenvalue weighted by molar-refractivity contribution is -0.119. The van der Waals surface area contributed by atoms with Crippen LogP contribution in [0.3, 0.4) is 0 Å². The van der Waals surface area contributed by atoms with Crippen LogP contribution in [0.15, 0.2) is 42.5 Å². The number of anilines is 1. The quantitative estimate of drug-likeness (QED) is 0.598. The SMILES string of the molecule is COc1cccc(OCCNC(=O)CN(c2ccc(Cl)c(Cl)c2)S(C)(=O)=O)c1. The number of nitrogens with one attached hydrogen (secondary N) is 1. The molecule has 1 amide bonds. The van der Waals surface area contributed by atoms with Crippen LogP contribution in [0, 0.1) is 0 Å². The predicted molar refractivity (Wildman–Crippen MR) is 110 cm³/mol. The van der Waals surface area contributed by atoms with Crippen LogP contribution in [0.25, 0.3) is 0 Å². The molecule has 0 aliphatic rings. The lowest BCUT2D eigenvalue weighted by atomic mass is 10.3. The summed E-state index contributed by atoms with van der Waals surface area (Å²) in [6.07, 6.45) is 1.01. The molecule has 2 aromatic carbocycles. The number of methoxy groups -OCH3 is 1. The molecule has 2 aromatic rings. The summed E-state index contributed by atoms with van der Waals surface area (Å²) in [6.45, 7) is 0.0233. The number of nitrogens with zero attached hydrogens (tertiary/aromatic N) is 1. The number of hydrogen-bond acceptors (Lipinski definition) is 5. The Morgan fingerprint density at radius 2 is 1.82 bits per heavy atom. The maximum Gasteiger partial charge on any atom is 0.240 e. The Morgan fingerprint density at radius 3 is 2.46 bits per heavy atom. The number of rotatable bonds is 9. The van der Waals surface area contributed by atoms with Gasteiger partial charge in [-0.25, -0.2) is 8.42 Å². The van der Waals surface area contributed by atoms with Gasteiger partial charge >= 0.3 is 0 Å². The van der Waals surface area contributed by atoms with Gasteiger partial charge in [0.15, 0.2) is 0 Å². The van der Waals surface area contributed by atoms with Crippen molar-refractivity contribution >= 4 is 44.8 Å². The third-order valence-electron chi connectivity index (χ3n) is 3.61. The fourth-order valence-electron chi connectivity index (χ4n) is 2.28. The molecule has 0 heterocycles. The second-order valence-electron chi connectivity index (χ2n) is 5.75. The van der Waals surface area contributed by atoms with E-state index in [1.54, 1.807) is 31.4 Å². The van der Waals surface area contributed by atoms with Crippen LogP contribution in [-0.4, -0.2) is 47.4 Å². The maximum atomic E-state index is 12.2. The predicted octanol–water partition coefficient (Wildman–Crippen LogP) is 2.96. The molecule has 0 unspecified atom stereocenters. The fraction of sp³-hybridized carbons (Fsp3) is 0.278. The van der Waals surface area contributed by atoms with Crippen LogP contribution in [-0.2, 0) is 14.8 Å². The van der Waals surface area contributed by atoms with Gasteiger partial charge in [0.1, 0.15) is 24.7 Å². The molecule has 0 bridgehead atoms. The number of carbonyl (C=O) groups is 1.